The van der Waals surface area contributed by atoms with Gasteiger partial charge in [0.1, 0.15) is 0 Å². The topological polar surface area (TPSA) is 33.2 Å². The second kappa shape index (κ2) is 5.17. The molecule has 0 bridgehead atoms. The van der Waals surface area contributed by atoms with Gasteiger partial charge in [0.2, 0.25) is 0 Å². The molecule has 2 heterocycles. The van der Waals surface area contributed by atoms with Gasteiger partial charge >= 0.3 is 0 Å². The Kier molecular flexibility index (Phi) is 3.82. The second-order valence-electron chi connectivity index (χ2n) is 4.88. The van der Waals surface area contributed by atoms with Crippen molar-refractivity contribution < 1.29 is 4.79 Å². The minimum absolute atomic E-state index is 0.149. The van der Waals surface area contributed by atoms with Crippen molar-refractivity contribution in [2.45, 2.75) is 40.0 Å². The van der Waals surface area contributed by atoms with Gasteiger partial charge in [-0.25, -0.2) is 4.98 Å². The molecule has 2 rings (SSSR count). The lowest BCUT2D eigenvalue weighted by molar-refractivity contribution is 0.102. The van der Waals surface area contributed by atoms with Gasteiger partial charge in [0.25, 0.3) is 0 Å². The molecule has 0 radical (unpaired) electrons. The molecule has 1 atom stereocenters. The zero-order valence-corrected chi connectivity index (χ0v) is 11.6. The number of hydrogen-bond donors (Lipinski definition) is 0. The van der Waals surface area contributed by atoms with E-state index in [1.165, 1.54) is 12.8 Å². The molecule has 4 heteroatoms. The molecule has 0 amide bonds. The van der Waals surface area contributed by atoms with E-state index in [1.54, 1.807) is 18.3 Å². The molecule has 0 aromatic carbocycles. The summed E-state index contributed by atoms with van der Waals surface area (Å²) < 4.78 is 0. The molecular weight excluding hydrogens is 232 g/mol. The summed E-state index contributed by atoms with van der Waals surface area (Å²) in [5, 5.41) is 1.04. The van der Waals surface area contributed by atoms with Gasteiger partial charge in [0.05, 0.1) is 10.6 Å². The van der Waals surface area contributed by atoms with Crippen LogP contribution in [-0.2, 0) is 6.42 Å². The number of hydrogen-bond acceptors (Lipinski definition) is 4. The number of aryl methyl sites for hydroxylation is 1. The van der Waals surface area contributed by atoms with Crippen molar-refractivity contribution in [3.63, 3.8) is 0 Å². The second-order valence-corrected chi connectivity index (χ2v) is 5.85. The van der Waals surface area contributed by atoms with Gasteiger partial charge < -0.3 is 4.90 Å². The molecule has 1 unspecified atom stereocenters. The van der Waals surface area contributed by atoms with Gasteiger partial charge in [-0.05, 0) is 25.2 Å². The molecule has 1 aliphatic rings. The number of anilines is 1. The van der Waals surface area contributed by atoms with Gasteiger partial charge in [0, 0.05) is 20.0 Å². The Balaban J connectivity index is 2.23. The third-order valence-electron chi connectivity index (χ3n) is 3.27. The number of Topliss-reactive ketones (excluding diaryl/α,β-unsaturated/α-hetero) is 1. The van der Waals surface area contributed by atoms with Crippen molar-refractivity contribution in [3.05, 3.63) is 10.6 Å². The van der Waals surface area contributed by atoms with Crippen LogP contribution in [0.3, 0.4) is 0 Å². The van der Waals surface area contributed by atoms with Crippen LogP contribution in [0.25, 0.3) is 0 Å². The Bertz CT molecular complexity index is 414. The minimum atomic E-state index is 0.149. The van der Waals surface area contributed by atoms with Crippen molar-refractivity contribution in [1.82, 2.24) is 4.98 Å². The largest absolute Gasteiger partial charge is 0.348 e. The zero-order chi connectivity index (χ0) is 12.4. The first kappa shape index (κ1) is 12.6. The minimum Gasteiger partial charge on any atom is -0.348 e. The number of carbonyl (C=O) groups is 1. The summed E-state index contributed by atoms with van der Waals surface area (Å²) in [6.45, 7) is 8.14. The molecular formula is C13H20N2OS. The third kappa shape index (κ3) is 2.68. The fourth-order valence-electron chi connectivity index (χ4n) is 2.35. The summed E-state index contributed by atoms with van der Waals surface area (Å²) in [5.41, 5.74) is 0.968. The molecule has 1 aliphatic heterocycles. The summed E-state index contributed by atoms with van der Waals surface area (Å²) in [5.74, 6) is 0.883. The van der Waals surface area contributed by atoms with E-state index in [1.807, 2.05) is 0 Å². The monoisotopic (exact) mass is 252 g/mol. The van der Waals surface area contributed by atoms with Crippen LogP contribution in [0.1, 0.15) is 49.0 Å². The molecule has 0 N–H and O–H groups in total. The molecule has 3 nitrogen and oxygen atoms in total. The predicted octanol–water partition coefficient (Wildman–Crippen LogP) is 3.14. The van der Waals surface area contributed by atoms with Gasteiger partial charge in [-0.2, -0.15) is 0 Å². The molecule has 94 valence electrons. The lowest BCUT2D eigenvalue weighted by atomic mass is 10.0. The first-order chi connectivity index (χ1) is 8.11. The number of nitrogens with zero attached hydrogens (tertiary/aromatic N) is 2. The fraction of sp³-hybridized carbons (Fsp3) is 0.692. The average molecular weight is 252 g/mol. The van der Waals surface area contributed by atoms with Crippen LogP contribution in [0.2, 0.25) is 0 Å². The third-order valence-corrected chi connectivity index (χ3v) is 4.53. The van der Waals surface area contributed by atoms with Crippen LogP contribution >= 0.6 is 11.3 Å². The van der Waals surface area contributed by atoms with Crippen molar-refractivity contribution >= 4 is 22.3 Å². The maximum atomic E-state index is 11.5. The molecule has 1 saturated heterocycles. The van der Waals surface area contributed by atoms with E-state index < -0.39 is 0 Å². The first-order valence-electron chi connectivity index (χ1n) is 6.37. The van der Waals surface area contributed by atoms with E-state index in [0.29, 0.717) is 0 Å². The van der Waals surface area contributed by atoms with Crippen LogP contribution in [-0.4, -0.2) is 23.9 Å². The lowest BCUT2D eigenvalue weighted by Gasteiger charge is -2.30. The van der Waals surface area contributed by atoms with E-state index in [2.05, 4.69) is 23.7 Å². The highest BCUT2D eigenvalue weighted by atomic mass is 32.1. The van der Waals surface area contributed by atoms with Crippen molar-refractivity contribution in [3.8, 4) is 0 Å². The SMILES string of the molecule is CCc1nc(N2CCCC(C)C2)sc1C(C)=O. The molecule has 17 heavy (non-hydrogen) atoms. The van der Waals surface area contributed by atoms with Crippen LogP contribution in [0.5, 0.6) is 0 Å². The number of aromatic nitrogens is 1. The average Bonchev–Trinajstić information content (AvgIpc) is 2.73. The predicted molar refractivity (Wildman–Crippen MR) is 72.1 cm³/mol. The molecule has 0 spiro atoms. The van der Waals surface area contributed by atoms with E-state index in [-0.39, 0.29) is 5.78 Å². The Morgan fingerprint density at radius 3 is 2.88 bits per heavy atom. The number of piperidine rings is 1. The van der Waals surface area contributed by atoms with Crippen molar-refractivity contribution in [2.75, 3.05) is 18.0 Å². The first-order valence-corrected chi connectivity index (χ1v) is 7.19. The molecule has 0 saturated carbocycles. The molecule has 1 fully saturated rings. The highest BCUT2D eigenvalue weighted by Gasteiger charge is 2.21. The normalized spacial score (nSPS) is 20.6. The maximum Gasteiger partial charge on any atom is 0.186 e. The highest BCUT2D eigenvalue weighted by molar-refractivity contribution is 7.17. The molecule has 1 aromatic heterocycles. The Morgan fingerprint density at radius 1 is 1.59 bits per heavy atom. The zero-order valence-electron chi connectivity index (χ0n) is 10.8. The van der Waals surface area contributed by atoms with Crippen LogP contribution in [0, 0.1) is 5.92 Å². The summed E-state index contributed by atoms with van der Waals surface area (Å²) >= 11 is 1.57. The van der Waals surface area contributed by atoms with Crippen LogP contribution < -0.4 is 4.90 Å². The quantitative estimate of drug-likeness (QED) is 0.775. The maximum absolute atomic E-state index is 11.5. The Labute approximate surface area is 107 Å². The Morgan fingerprint density at radius 2 is 2.35 bits per heavy atom. The Hall–Kier alpha value is -0.900. The smallest absolute Gasteiger partial charge is 0.186 e. The van der Waals surface area contributed by atoms with Gasteiger partial charge in [-0.1, -0.05) is 25.2 Å². The van der Waals surface area contributed by atoms with Crippen LogP contribution in [0.15, 0.2) is 0 Å². The number of rotatable bonds is 3. The van der Waals surface area contributed by atoms with Gasteiger partial charge in [-0.15, -0.1) is 0 Å². The summed E-state index contributed by atoms with van der Waals surface area (Å²) in [7, 11) is 0. The van der Waals surface area contributed by atoms with Crippen molar-refractivity contribution in [2.24, 2.45) is 5.92 Å². The molecule has 1 aromatic rings. The summed E-state index contributed by atoms with van der Waals surface area (Å²) in [6.07, 6.45) is 3.38. The number of ketones is 1. The number of carbonyl (C=O) groups excluding carboxylic acids is 1. The van der Waals surface area contributed by atoms with Crippen molar-refractivity contribution in [1.29, 1.82) is 0 Å². The van der Waals surface area contributed by atoms with E-state index in [4.69, 9.17) is 0 Å². The van der Waals surface area contributed by atoms with Gasteiger partial charge in [0.15, 0.2) is 10.9 Å². The van der Waals surface area contributed by atoms with Gasteiger partial charge in [-0.3, -0.25) is 4.79 Å². The van der Waals surface area contributed by atoms with Crippen LogP contribution in [0.4, 0.5) is 5.13 Å². The van der Waals surface area contributed by atoms with E-state index in [0.717, 1.165) is 41.1 Å². The van der Waals surface area contributed by atoms with E-state index in [9.17, 15) is 4.79 Å². The summed E-state index contributed by atoms with van der Waals surface area (Å²) in [4.78, 5) is 19.4. The fourth-order valence-corrected chi connectivity index (χ4v) is 3.44. The molecule has 0 aliphatic carbocycles. The standard InChI is InChI=1S/C13H20N2OS/c1-4-11-12(10(3)16)17-13(14-11)15-7-5-6-9(2)8-15/h9H,4-8H2,1-3H3. The van der Waals surface area contributed by atoms with E-state index >= 15 is 0 Å². The lowest BCUT2D eigenvalue weighted by Crippen LogP contribution is -2.34. The highest BCUT2D eigenvalue weighted by Crippen LogP contribution is 2.30. The summed E-state index contributed by atoms with van der Waals surface area (Å²) in [6, 6.07) is 0. The number of thiazole rings is 1.